The summed E-state index contributed by atoms with van der Waals surface area (Å²) in [6.07, 6.45) is 2.24. The van der Waals surface area contributed by atoms with Crippen molar-refractivity contribution < 1.29 is 38.4 Å². The van der Waals surface area contributed by atoms with E-state index in [1.54, 1.807) is 48.4 Å². The molecule has 3 N–H and O–H groups in total. The van der Waals surface area contributed by atoms with E-state index in [4.69, 9.17) is 23.7 Å². The zero-order valence-electron chi connectivity index (χ0n) is 29.6. The van der Waals surface area contributed by atoms with Gasteiger partial charge in [-0.1, -0.05) is 19.1 Å². The summed E-state index contributed by atoms with van der Waals surface area (Å²) in [6.45, 7) is 8.14. The normalized spacial score (nSPS) is 20.3. The molecule has 12 nitrogen and oxygen atoms in total. The number of aliphatic hydroxyl groups is 1. The Bertz CT molecular complexity index is 1590. The number of anilines is 2. The molecule has 3 aromatic carbocycles. The first-order valence-electron chi connectivity index (χ1n) is 17.3. The Hall–Kier alpha value is -4.52. The number of methoxy groups -OCH3 is 1. The number of benzene rings is 3. The fourth-order valence-electron chi connectivity index (χ4n) is 6.15. The van der Waals surface area contributed by atoms with Gasteiger partial charge in [-0.3, -0.25) is 9.69 Å². The Morgan fingerprint density at radius 1 is 1.00 bits per heavy atom. The van der Waals surface area contributed by atoms with E-state index in [-0.39, 0.29) is 37.4 Å². The Morgan fingerprint density at radius 2 is 1.70 bits per heavy atom. The van der Waals surface area contributed by atoms with Crippen LogP contribution in [-0.2, 0) is 11.3 Å². The van der Waals surface area contributed by atoms with Gasteiger partial charge < -0.3 is 44.3 Å². The molecule has 0 fully saturated rings. The third-order valence-electron chi connectivity index (χ3n) is 9.04. The number of nitrogens with one attached hydrogen (secondary N) is 2. The van der Waals surface area contributed by atoms with Gasteiger partial charge in [0, 0.05) is 49.6 Å². The van der Waals surface area contributed by atoms with Gasteiger partial charge in [0.05, 0.1) is 37.5 Å². The highest BCUT2D eigenvalue weighted by Crippen LogP contribution is 2.34. The number of aliphatic hydroxyl groups excluding tert-OH is 1. The van der Waals surface area contributed by atoms with E-state index in [1.165, 1.54) is 0 Å². The molecule has 0 aliphatic carbocycles. The molecular formula is C38H50N4O8. The van der Waals surface area contributed by atoms with Gasteiger partial charge >= 0.3 is 6.03 Å². The van der Waals surface area contributed by atoms with Crippen molar-refractivity contribution >= 4 is 23.3 Å². The summed E-state index contributed by atoms with van der Waals surface area (Å²) in [5.41, 5.74) is 2.41. The van der Waals surface area contributed by atoms with Crippen LogP contribution in [0.25, 0.3) is 0 Å². The number of hydrogen-bond donors (Lipinski definition) is 3. The van der Waals surface area contributed by atoms with Gasteiger partial charge in [-0.05, 0) is 88.2 Å². The SMILES string of the molecule is COc1ccc(CN(C)C[C@H]2OCCCC[C@@H](C)Oc3ccc(NC(=O)Nc4ccc5c(c4)OCO5)cc3C(=O)N([C@@H](C)CO)C[C@H]2C)cc1. The van der Waals surface area contributed by atoms with E-state index in [2.05, 4.69) is 41.6 Å². The van der Waals surface area contributed by atoms with Crippen LogP contribution in [-0.4, -0.2) is 92.3 Å². The van der Waals surface area contributed by atoms with Gasteiger partial charge in [-0.25, -0.2) is 4.79 Å². The molecule has 0 spiro atoms. The number of carbonyl (C=O) groups is 2. The van der Waals surface area contributed by atoms with Crippen LogP contribution in [0.5, 0.6) is 23.0 Å². The minimum absolute atomic E-state index is 0.0636. The summed E-state index contributed by atoms with van der Waals surface area (Å²) in [5, 5.41) is 15.9. The lowest BCUT2D eigenvalue weighted by atomic mass is 10.0. The molecule has 50 heavy (non-hydrogen) atoms. The average molecular weight is 691 g/mol. The predicted molar refractivity (Wildman–Crippen MR) is 191 cm³/mol. The number of nitrogens with zero attached hydrogens (tertiary/aromatic N) is 2. The number of ether oxygens (including phenoxy) is 5. The topological polar surface area (TPSA) is 131 Å². The minimum Gasteiger partial charge on any atom is -0.497 e. The van der Waals surface area contributed by atoms with Gasteiger partial charge in [0.1, 0.15) is 11.5 Å². The second-order valence-corrected chi connectivity index (χ2v) is 13.2. The highest BCUT2D eigenvalue weighted by atomic mass is 16.7. The molecule has 0 bridgehead atoms. The molecule has 2 aliphatic rings. The van der Waals surface area contributed by atoms with Gasteiger partial charge in [-0.2, -0.15) is 0 Å². The monoisotopic (exact) mass is 690 g/mol. The Labute approximate surface area is 294 Å². The van der Waals surface area contributed by atoms with Crippen LogP contribution >= 0.6 is 0 Å². The third kappa shape index (κ3) is 9.80. The van der Waals surface area contributed by atoms with Crippen LogP contribution in [0.3, 0.4) is 0 Å². The summed E-state index contributed by atoms with van der Waals surface area (Å²) in [6, 6.07) is 17.3. The van der Waals surface area contributed by atoms with Crippen molar-refractivity contribution in [3.8, 4) is 23.0 Å². The number of fused-ring (bicyclic) bond motifs is 2. The molecule has 12 heteroatoms. The smallest absolute Gasteiger partial charge is 0.323 e. The summed E-state index contributed by atoms with van der Waals surface area (Å²) in [7, 11) is 3.72. The first kappa shape index (κ1) is 36.8. The van der Waals surface area contributed by atoms with Crippen molar-refractivity contribution in [3.05, 3.63) is 71.8 Å². The molecule has 3 amide bonds. The molecule has 3 aromatic rings. The van der Waals surface area contributed by atoms with Gasteiger partial charge in [-0.15, -0.1) is 0 Å². The Kier molecular flexibility index (Phi) is 12.8. The van der Waals surface area contributed by atoms with Crippen LogP contribution in [0.1, 0.15) is 56.0 Å². The van der Waals surface area contributed by atoms with Crippen LogP contribution in [0, 0.1) is 5.92 Å². The minimum atomic E-state index is -0.487. The summed E-state index contributed by atoms with van der Waals surface area (Å²) < 4.78 is 28.9. The number of amides is 3. The zero-order chi connectivity index (χ0) is 35.6. The first-order chi connectivity index (χ1) is 24.1. The fraction of sp³-hybridized carbons (Fsp3) is 0.474. The molecule has 0 saturated heterocycles. The number of carbonyl (C=O) groups excluding carboxylic acids is 2. The summed E-state index contributed by atoms with van der Waals surface area (Å²) in [5.74, 6) is 2.04. The number of likely N-dealkylation sites (N-methyl/N-ethyl adjacent to an activating group) is 1. The van der Waals surface area contributed by atoms with Crippen molar-refractivity contribution in [2.45, 2.75) is 64.8 Å². The largest absolute Gasteiger partial charge is 0.497 e. The van der Waals surface area contributed by atoms with Crippen LogP contribution < -0.4 is 29.6 Å². The second-order valence-electron chi connectivity index (χ2n) is 13.2. The van der Waals surface area contributed by atoms with Crippen molar-refractivity contribution in [1.82, 2.24) is 9.80 Å². The molecular weight excluding hydrogens is 640 g/mol. The van der Waals surface area contributed by atoms with Crippen LogP contribution in [0.2, 0.25) is 0 Å². The summed E-state index contributed by atoms with van der Waals surface area (Å²) in [4.78, 5) is 31.4. The van der Waals surface area contributed by atoms with Crippen molar-refractivity contribution in [3.63, 3.8) is 0 Å². The molecule has 2 heterocycles. The van der Waals surface area contributed by atoms with Crippen molar-refractivity contribution in [1.29, 1.82) is 0 Å². The van der Waals surface area contributed by atoms with E-state index in [0.717, 1.165) is 37.1 Å². The quantitative estimate of drug-likeness (QED) is 0.248. The van der Waals surface area contributed by atoms with E-state index in [0.29, 0.717) is 53.9 Å². The Balaban J connectivity index is 1.35. The summed E-state index contributed by atoms with van der Waals surface area (Å²) >= 11 is 0. The Morgan fingerprint density at radius 3 is 2.42 bits per heavy atom. The number of hydrogen-bond acceptors (Lipinski definition) is 9. The van der Waals surface area contributed by atoms with E-state index < -0.39 is 12.1 Å². The van der Waals surface area contributed by atoms with Crippen LogP contribution in [0.4, 0.5) is 16.2 Å². The van der Waals surface area contributed by atoms with E-state index >= 15 is 0 Å². The molecule has 4 atom stereocenters. The lowest BCUT2D eigenvalue weighted by molar-refractivity contribution is -0.0177. The standard InChI is InChI=1S/C38H50N4O8/c1-25-20-42(26(2)23-43)37(44)32-18-29(39-38(45)40-30-12-16-34-35(19-30)49-24-48-34)11-15-33(32)50-27(3)8-6-7-17-47-36(25)22-41(4)21-28-9-13-31(46-5)14-10-28/h9-16,18-19,25-27,36,43H,6-8,17,20-24H2,1-5H3,(H2,39,40,45)/t25-,26+,27-,36-/m1/s1. The van der Waals surface area contributed by atoms with Crippen LogP contribution in [0.15, 0.2) is 60.7 Å². The van der Waals surface area contributed by atoms with Gasteiger partial charge in [0.15, 0.2) is 11.5 Å². The molecule has 0 saturated carbocycles. The van der Waals surface area contributed by atoms with E-state index in [9.17, 15) is 14.7 Å². The van der Waals surface area contributed by atoms with Crippen molar-refractivity contribution in [2.75, 3.05) is 57.9 Å². The highest BCUT2D eigenvalue weighted by molar-refractivity contribution is 6.02. The molecule has 0 aromatic heterocycles. The fourth-order valence-corrected chi connectivity index (χ4v) is 6.15. The number of rotatable bonds is 9. The average Bonchev–Trinajstić information content (AvgIpc) is 3.58. The van der Waals surface area contributed by atoms with Gasteiger partial charge in [0.2, 0.25) is 6.79 Å². The molecule has 0 unspecified atom stereocenters. The lowest BCUT2D eigenvalue weighted by Crippen LogP contribution is -2.47. The second kappa shape index (κ2) is 17.4. The third-order valence-corrected chi connectivity index (χ3v) is 9.04. The molecule has 5 rings (SSSR count). The molecule has 0 radical (unpaired) electrons. The van der Waals surface area contributed by atoms with E-state index in [1.807, 2.05) is 26.0 Å². The maximum Gasteiger partial charge on any atom is 0.323 e. The maximum atomic E-state index is 14.4. The van der Waals surface area contributed by atoms with Gasteiger partial charge in [0.25, 0.3) is 5.91 Å². The highest BCUT2D eigenvalue weighted by Gasteiger charge is 2.30. The predicted octanol–water partition coefficient (Wildman–Crippen LogP) is 6.00. The first-order valence-corrected chi connectivity index (χ1v) is 17.3. The molecule has 270 valence electrons. The zero-order valence-corrected chi connectivity index (χ0v) is 29.6. The lowest BCUT2D eigenvalue weighted by Gasteiger charge is -2.36. The number of urea groups is 1. The maximum absolute atomic E-state index is 14.4. The molecule has 2 aliphatic heterocycles. The van der Waals surface area contributed by atoms with Crippen molar-refractivity contribution in [2.24, 2.45) is 5.92 Å².